The molecule has 0 saturated heterocycles. The van der Waals surface area contributed by atoms with Crippen molar-refractivity contribution in [3.05, 3.63) is 40.7 Å². The largest absolute Gasteiger partial charge is 0.369 e. The SMILES string of the molecule is CCSC1CCC(Nc2cc3ccccc3c(=O)[nH]2)C1. The zero-order chi connectivity index (χ0) is 13.9. The number of rotatable bonds is 4. The van der Waals surface area contributed by atoms with Gasteiger partial charge in [0.15, 0.2) is 0 Å². The number of pyridine rings is 1. The summed E-state index contributed by atoms with van der Waals surface area (Å²) in [4.78, 5) is 15.0. The van der Waals surface area contributed by atoms with Crippen molar-refractivity contribution in [3.8, 4) is 0 Å². The normalized spacial score (nSPS) is 22.2. The molecule has 4 heteroatoms. The Bertz CT molecular complexity index is 652. The number of aromatic nitrogens is 1. The highest BCUT2D eigenvalue weighted by Crippen LogP contribution is 2.31. The third-order valence-electron chi connectivity index (χ3n) is 3.90. The second-order valence-electron chi connectivity index (χ2n) is 5.33. The second kappa shape index (κ2) is 5.92. The molecule has 2 atom stereocenters. The molecule has 3 rings (SSSR count). The summed E-state index contributed by atoms with van der Waals surface area (Å²) in [5.41, 5.74) is -0.0110. The lowest BCUT2D eigenvalue weighted by atomic mass is 10.1. The Morgan fingerprint density at radius 3 is 3.05 bits per heavy atom. The Hall–Kier alpha value is -1.42. The third kappa shape index (κ3) is 2.85. The predicted molar refractivity (Wildman–Crippen MR) is 87.8 cm³/mol. The standard InChI is InChI=1S/C16H20N2OS/c1-2-20-13-8-7-12(10-13)17-15-9-11-5-3-4-6-14(11)16(19)18-15/h3-6,9,12-13H,2,7-8,10H2,1H3,(H2,17,18,19). The molecule has 0 amide bonds. The summed E-state index contributed by atoms with van der Waals surface area (Å²) < 4.78 is 0. The van der Waals surface area contributed by atoms with Gasteiger partial charge >= 0.3 is 0 Å². The highest BCUT2D eigenvalue weighted by molar-refractivity contribution is 7.99. The van der Waals surface area contributed by atoms with Crippen LogP contribution in [0.5, 0.6) is 0 Å². The van der Waals surface area contributed by atoms with E-state index in [0.717, 1.165) is 21.8 Å². The fourth-order valence-electron chi connectivity index (χ4n) is 2.97. The van der Waals surface area contributed by atoms with Gasteiger partial charge in [0.05, 0.1) is 0 Å². The van der Waals surface area contributed by atoms with E-state index in [-0.39, 0.29) is 5.56 Å². The quantitative estimate of drug-likeness (QED) is 0.903. The molecule has 0 spiro atoms. The maximum absolute atomic E-state index is 12.0. The summed E-state index contributed by atoms with van der Waals surface area (Å²) in [5, 5.41) is 6.01. The van der Waals surface area contributed by atoms with Crippen LogP contribution in [0.4, 0.5) is 5.82 Å². The zero-order valence-corrected chi connectivity index (χ0v) is 12.5. The summed E-state index contributed by atoms with van der Waals surface area (Å²) in [6.45, 7) is 2.21. The summed E-state index contributed by atoms with van der Waals surface area (Å²) in [6.07, 6.45) is 3.65. The number of hydrogen-bond acceptors (Lipinski definition) is 3. The van der Waals surface area contributed by atoms with Crippen LogP contribution in [0, 0.1) is 0 Å². The lowest BCUT2D eigenvalue weighted by molar-refractivity contribution is 0.752. The fourth-order valence-corrected chi connectivity index (χ4v) is 4.11. The Labute approximate surface area is 123 Å². The lowest BCUT2D eigenvalue weighted by Gasteiger charge is -2.14. The van der Waals surface area contributed by atoms with Crippen molar-refractivity contribution < 1.29 is 0 Å². The number of benzene rings is 1. The van der Waals surface area contributed by atoms with Crippen LogP contribution in [0.25, 0.3) is 10.8 Å². The molecule has 1 aliphatic rings. The Morgan fingerprint density at radius 2 is 2.20 bits per heavy atom. The second-order valence-corrected chi connectivity index (χ2v) is 6.91. The number of anilines is 1. The van der Waals surface area contributed by atoms with Gasteiger partial charge in [-0.1, -0.05) is 25.1 Å². The van der Waals surface area contributed by atoms with Gasteiger partial charge in [-0.05, 0) is 42.5 Å². The maximum atomic E-state index is 12.0. The fraction of sp³-hybridized carbons (Fsp3) is 0.438. The summed E-state index contributed by atoms with van der Waals surface area (Å²) >= 11 is 2.05. The minimum absolute atomic E-state index is 0.0110. The molecule has 2 N–H and O–H groups in total. The Morgan fingerprint density at radius 1 is 1.35 bits per heavy atom. The Balaban J connectivity index is 1.77. The van der Waals surface area contributed by atoms with Crippen LogP contribution >= 0.6 is 11.8 Å². The lowest BCUT2D eigenvalue weighted by Crippen LogP contribution is -2.19. The van der Waals surface area contributed by atoms with Crippen molar-refractivity contribution in [2.45, 2.75) is 37.5 Å². The van der Waals surface area contributed by atoms with Crippen molar-refractivity contribution >= 4 is 28.4 Å². The number of aromatic amines is 1. The van der Waals surface area contributed by atoms with Gasteiger partial charge in [-0.25, -0.2) is 0 Å². The average Bonchev–Trinajstić information content (AvgIpc) is 2.87. The van der Waals surface area contributed by atoms with Gasteiger partial charge in [-0.2, -0.15) is 11.8 Å². The first-order valence-corrected chi connectivity index (χ1v) is 8.31. The van der Waals surface area contributed by atoms with Crippen molar-refractivity contribution in [2.75, 3.05) is 11.1 Å². The van der Waals surface area contributed by atoms with E-state index < -0.39 is 0 Å². The number of thioether (sulfide) groups is 1. The number of fused-ring (bicyclic) bond motifs is 1. The smallest absolute Gasteiger partial charge is 0.257 e. The van der Waals surface area contributed by atoms with E-state index in [1.54, 1.807) is 0 Å². The van der Waals surface area contributed by atoms with Crippen LogP contribution in [0.2, 0.25) is 0 Å². The summed E-state index contributed by atoms with van der Waals surface area (Å²) in [6, 6.07) is 10.2. The average molecular weight is 288 g/mol. The maximum Gasteiger partial charge on any atom is 0.257 e. The van der Waals surface area contributed by atoms with E-state index >= 15 is 0 Å². The molecule has 1 aromatic heterocycles. The molecular formula is C16H20N2OS. The van der Waals surface area contributed by atoms with Gasteiger partial charge in [0.2, 0.25) is 0 Å². The molecule has 0 radical (unpaired) electrons. The molecule has 1 aromatic carbocycles. The molecule has 20 heavy (non-hydrogen) atoms. The van der Waals surface area contributed by atoms with E-state index in [4.69, 9.17) is 0 Å². The number of hydrogen-bond donors (Lipinski definition) is 2. The van der Waals surface area contributed by atoms with Gasteiger partial charge in [-0.15, -0.1) is 0 Å². The summed E-state index contributed by atoms with van der Waals surface area (Å²) in [5.74, 6) is 2.03. The monoisotopic (exact) mass is 288 g/mol. The number of H-pyrrole nitrogens is 1. The van der Waals surface area contributed by atoms with E-state index in [0.29, 0.717) is 6.04 Å². The van der Waals surface area contributed by atoms with Crippen molar-refractivity contribution in [2.24, 2.45) is 0 Å². The number of nitrogens with one attached hydrogen (secondary N) is 2. The van der Waals surface area contributed by atoms with E-state index in [1.165, 1.54) is 25.0 Å². The molecule has 0 bridgehead atoms. The van der Waals surface area contributed by atoms with Crippen molar-refractivity contribution in [3.63, 3.8) is 0 Å². The molecule has 1 heterocycles. The van der Waals surface area contributed by atoms with Crippen LogP contribution in [-0.2, 0) is 0 Å². The molecule has 0 aliphatic heterocycles. The van der Waals surface area contributed by atoms with Crippen LogP contribution < -0.4 is 10.9 Å². The molecule has 1 fully saturated rings. The predicted octanol–water partition coefficient (Wildman–Crippen LogP) is 3.61. The molecule has 1 aliphatic carbocycles. The van der Waals surface area contributed by atoms with Gasteiger partial charge in [0.1, 0.15) is 5.82 Å². The first-order chi connectivity index (χ1) is 9.76. The molecule has 2 aromatic rings. The van der Waals surface area contributed by atoms with Gasteiger partial charge in [0, 0.05) is 16.7 Å². The van der Waals surface area contributed by atoms with Crippen LogP contribution in [0.3, 0.4) is 0 Å². The van der Waals surface area contributed by atoms with Crippen molar-refractivity contribution in [1.29, 1.82) is 0 Å². The molecular weight excluding hydrogens is 268 g/mol. The minimum atomic E-state index is -0.0110. The van der Waals surface area contributed by atoms with Crippen LogP contribution in [0.15, 0.2) is 35.1 Å². The first kappa shape index (κ1) is 13.6. The van der Waals surface area contributed by atoms with E-state index in [1.807, 2.05) is 42.1 Å². The van der Waals surface area contributed by atoms with E-state index in [9.17, 15) is 4.79 Å². The molecule has 3 nitrogen and oxygen atoms in total. The Kier molecular flexibility index (Phi) is 4.01. The summed E-state index contributed by atoms with van der Waals surface area (Å²) in [7, 11) is 0. The molecule has 2 unspecified atom stereocenters. The highest BCUT2D eigenvalue weighted by atomic mass is 32.2. The molecule has 106 valence electrons. The van der Waals surface area contributed by atoms with Gasteiger partial charge < -0.3 is 10.3 Å². The topological polar surface area (TPSA) is 44.9 Å². The van der Waals surface area contributed by atoms with Crippen LogP contribution in [-0.4, -0.2) is 22.0 Å². The first-order valence-electron chi connectivity index (χ1n) is 7.26. The van der Waals surface area contributed by atoms with E-state index in [2.05, 4.69) is 17.2 Å². The van der Waals surface area contributed by atoms with Crippen LogP contribution in [0.1, 0.15) is 26.2 Å². The minimum Gasteiger partial charge on any atom is -0.369 e. The zero-order valence-electron chi connectivity index (χ0n) is 11.7. The highest BCUT2D eigenvalue weighted by Gasteiger charge is 2.24. The van der Waals surface area contributed by atoms with Gasteiger partial charge in [-0.3, -0.25) is 4.79 Å². The van der Waals surface area contributed by atoms with Crippen molar-refractivity contribution in [1.82, 2.24) is 4.98 Å². The van der Waals surface area contributed by atoms with Gasteiger partial charge in [0.25, 0.3) is 5.56 Å². The third-order valence-corrected chi connectivity index (χ3v) is 5.13. The molecule has 1 saturated carbocycles.